The summed E-state index contributed by atoms with van der Waals surface area (Å²) >= 11 is 0. The monoisotopic (exact) mass is 781 g/mol. The molecule has 2 saturated carbocycles. The number of alkyl carbamates (subject to hydrolysis) is 3. The highest BCUT2D eigenvalue weighted by Crippen LogP contribution is 2.49. The van der Waals surface area contributed by atoms with Gasteiger partial charge in [0.05, 0.1) is 13.2 Å². The maximum Gasteiger partial charge on any atom is 0.407 e. The number of carbonyl (C=O) groups is 6. The molecule has 3 amide bonds. The average molecular weight is 782 g/mol. The van der Waals surface area contributed by atoms with Crippen molar-refractivity contribution in [1.29, 1.82) is 0 Å². The smallest absolute Gasteiger partial charge is 0.407 e. The van der Waals surface area contributed by atoms with Crippen molar-refractivity contribution in [1.82, 2.24) is 16.0 Å². The number of esters is 3. The predicted molar refractivity (Wildman–Crippen MR) is 204 cm³/mol. The van der Waals surface area contributed by atoms with Crippen molar-refractivity contribution in [2.24, 2.45) is 21.7 Å². The van der Waals surface area contributed by atoms with E-state index in [-0.39, 0.29) is 78.5 Å². The minimum Gasteiger partial charge on any atom is -0.466 e. The molecule has 0 aromatic rings. The van der Waals surface area contributed by atoms with Gasteiger partial charge in [-0.25, -0.2) is 19.2 Å². The lowest BCUT2D eigenvalue weighted by Crippen LogP contribution is -2.51. The van der Waals surface area contributed by atoms with Crippen molar-refractivity contribution >= 4 is 36.2 Å². The first-order valence-corrected chi connectivity index (χ1v) is 19.4. The zero-order valence-corrected chi connectivity index (χ0v) is 34.6. The molecule has 6 unspecified atom stereocenters. The molecular weight excluding hydrogens is 714 g/mol. The Labute approximate surface area is 327 Å². The lowest BCUT2D eigenvalue weighted by Gasteiger charge is -2.47. The van der Waals surface area contributed by atoms with Gasteiger partial charge in [-0.1, -0.05) is 48.1 Å². The first-order valence-electron chi connectivity index (χ1n) is 19.4. The van der Waals surface area contributed by atoms with Crippen LogP contribution < -0.4 is 16.0 Å². The number of hydrogen-bond donors (Lipinski definition) is 3. The molecular formula is C40H67N3O12. The van der Waals surface area contributed by atoms with Crippen LogP contribution in [0.25, 0.3) is 0 Å². The summed E-state index contributed by atoms with van der Waals surface area (Å²) < 4.78 is 31.5. The molecule has 2 aliphatic carbocycles. The minimum atomic E-state index is -0.707. The fraction of sp³-hybridized carbons (Fsp3) is 0.800. The summed E-state index contributed by atoms with van der Waals surface area (Å²) in [5, 5.41) is 8.80. The van der Waals surface area contributed by atoms with Gasteiger partial charge in [0.15, 0.2) is 0 Å². The van der Waals surface area contributed by atoms with E-state index in [2.05, 4.69) is 64.1 Å². The summed E-state index contributed by atoms with van der Waals surface area (Å²) in [5.74, 6) is -1.30. The lowest BCUT2D eigenvalue weighted by molar-refractivity contribution is -0.156. The molecule has 0 saturated heterocycles. The Bertz CT molecular complexity index is 1340. The first kappa shape index (κ1) is 47.1. The topological polar surface area (TPSA) is 194 Å². The van der Waals surface area contributed by atoms with Gasteiger partial charge in [-0.3, -0.25) is 9.59 Å². The summed E-state index contributed by atoms with van der Waals surface area (Å²) in [5.41, 5.74) is -0.777. The Balaban J connectivity index is 1.78. The van der Waals surface area contributed by atoms with E-state index in [1.54, 1.807) is 13.8 Å². The highest BCUT2D eigenvalue weighted by atomic mass is 16.6. The predicted octanol–water partition coefficient (Wildman–Crippen LogP) is 6.51. The molecule has 314 valence electrons. The highest BCUT2D eigenvalue weighted by Gasteiger charge is 2.43. The van der Waals surface area contributed by atoms with Gasteiger partial charge in [-0.05, 0) is 93.3 Å². The third kappa shape index (κ3) is 19.4. The number of carbonyl (C=O) groups excluding carboxylic acids is 6. The number of amides is 3. The van der Waals surface area contributed by atoms with Crippen molar-refractivity contribution in [2.45, 2.75) is 151 Å². The van der Waals surface area contributed by atoms with Gasteiger partial charge >= 0.3 is 36.2 Å². The summed E-state index contributed by atoms with van der Waals surface area (Å²) in [6.07, 6.45) is 4.34. The molecule has 0 aliphatic heterocycles. The van der Waals surface area contributed by atoms with Gasteiger partial charge in [0, 0.05) is 38.0 Å². The zero-order valence-electron chi connectivity index (χ0n) is 34.6. The molecule has 0 heterocycles. The Morgan fingerprint density at radius 2 is 1.22 bits per heavy atom. The van der Waals surface area contributed by atoms with Crippen LogP contribution in [-0.4, -0.2) is 93.5 Å². The Hall–Kier alpha value is -4.04. The average Bonchev–Trinajstić information content (AvgIpc) is 3.04. The fourth-order valence-corrected chi connectivity index (χ4v) is 8.52. The molecule has 0 aromatic carbocycles. The van der Waals surface area contributed by atoms with Crippen LogP contribution in [0.4, 0.5) is 14.4 Å². The quantitative estimate of drug-likeness (QED) is 0.0558. The van der Waals surface area contributed by atoms with Gasteiger partial charge in [0.25, 0.3) is 0 Å². The standard InChI is InChI=1S/C40H67N3O12/c1-11-32(45)52-22-27(2)54-33(46)14-15-39(9)20-30(18-37(5,6)24-39)42-35(48)53-23-28(3)55-36(49)43-31-19-38(7,8)25-40(10,21-31)26-41-34(47)51-17-13-12-16-50-29(4)44/h11,27-28,30-31H,1,12-26H2,2-10H3,(H,41,47)(H,42,48)(H,43,49). The Kier molecular flexibility index (Phi) is 18.3. The maximum absolute atomic E-state index is 12.9. The zero-order chi connectivity index (χ0) is 41.5. The van der Waals surface area contributed by atoms with Crippen molar-refractivity contribution in [2.75, 3.05) is 33.0 Å². The van der Waals surface area contributed by atoms with Gasteiger partial charge in [0.2, 0.25) is 0 Å². The number of nitrogens with one attached hydrogen (secondary N) is 3. The van der Waals surface area contributed by atoms with E-state index in [1.165, 1.54) is 6.92 Å². The molecule has 6 atom stereocenters. The summed E-state index contributed by atoms with van der Waals surface area (Å²) in [7, 11) is 0. The van der Waals surface area contributed by atoms with E-state index in [0.717, 1.165) is 31.8 Å². The van der Waals surface area contributed by atoms with Crippen LogP contribution in [0.3, 0.4) is 0 Å². The van der Waals surface area contributed by atoms with Gasteiger partial charge < -0.3 is 44.4 Å². The SMILES string of the molecule is C=CC(=O)OCC(C)OC(=O)CCC1(C)CC(NC(=O)OCC(C)OC(=O)NC2CC(C)(C)CC(C)(CNC(=O)OCCCCOC(C)=O)C2)CC(C)(C)C1. The minimum absolute atomic E-state index is 0.0503. The molecule has 2 fully saturated rings. The molecule has 3 N–H and O–H groups in total. The van der Waals surface area contributed by atoms with Crippen molar-refractivity contribution in [3.05, 3.63) is 12.7 Å². The third-order valence-corrected chi connectivity index (χ3v) is 9.92. The van der Waals surface area contributed by atoms with Gasteiger partial charge in [-0.2, -0.15) is 0 Å². The molecule has 55 heavy (non-hydrogen) atoms. The second-order valence-corrected chi connectivity index (χ2v) is 17.8. The summed E-state index contributed by atoms with van der Waals surface area (Å²) in [4.78, 5) is 72.8. The second-order valence-electron chi connectivity index (χ2n) is 17.8. The fourth-order valence-electron chi connectivity index (χ4n) is 8.52. The molecule has 0 radical (unpaired) electrons. The van der Waals surface area contributed by atoms with Crippen molar-refractivity contribution in [3.8, 4) is 0 Å². The Morgan fingerprint density at radius 3 is 1.82 bits per heavy atom. The van der Waals surface area contributed by atoms with Gasteiger partial charge in [0.1, 0.15) is 25.4 Å². The van der Waals surface area contributed by atoms with Crippen LogP contribution >= 0.6 is 0 Å². The normalized spacial score (nSPS) is 25.1. The number of ether oxygens (including phenoxy) is 6. The molecule has 0 spiro atoms. The lowest BCUT2D eigenvalue weighted by atomic mass is 9.61. The summed E-state index contributed by atoms with van der Waals surface area (Å²) in [6.45, 7) is 21.4. The molecule has 15 heteroatoms. The first-order chi connectivity index (χ1) is 25.5. The van der Waals surface area contributed by atoms with E-state index in [4.69, 9.17) is 28.4 Å². The summed E-state index contributed by atoms with van der Waals surface area (Å²) in [6, 6.07) is -0.388. The van der Waals surface area contributed by atoms with Crippen LogP contribution in [0.2, 0.25) is 0 Å². The van der Waals surface area contributed by atoms with Crippen LogP contribution in [0.1, 0.15) is 127 Å². The largest absolute Gasteiger partial charge is 0.466 e. The van der Waals surface area contributed by atoms with E-state index < -0.39 is 36.5 Å². The maximum atomic E-state index is 12.9. The molecule has 15 nitrogen and oxygen atoms in total. The number of unbranched alkanes of at least 4 members (excludes halogenated alkanes) is 1. The number of rotatable bonds is 19. The van der Waals surface area contributed by atoms with E-state index >= 15 is 0 Å². The molecule has 2 aliphatic rings. The Morgan fingerprint density at radius 1 is 0.691 bits per heavy atom. The van der Waals surface area contributed by atoms with Crippen LogP contribution in [0.15, 0.2) is 12.7 Å². The second kappa shape index (κ2) is 21.3. The van der Waals surface area contributed by atoms with Gasteiger partial charge in [-0.15, -0.1) is 0 Å². The molecule has 0 bridgehead atoms. The highest BCUT2D eigenvalue weighted by molar-refractivity contribution is 5.81. The van der Waals surface area contributed by atoms with E-state index in [9.17, 15) is 28.8 Å². The van der Waals surface area contributed by atoms with Crippen molar-refractivity contribution in [3.63, 3.8) is 0 Å². The molecule has 2 rings (SSSR count). The van der Waals surface area contributed by atoms with Crippen molar-refractivity contribution < 1.29 is 57.2 Å². The van der Waals surface area contributed by atoms with E-state index in [1.807, 2.05) is 0 Å². The van der Waals surface area contributed by atoms with Crippen LogP contribution in [-0.2, 0) is 42.8 Å². The molecule has 0 aromatic heterocycles. The van der Waals surface area contributed by atoms with Crippen LogP contribution in [0, 0.1) is 21.7 Å². The van der Waals surface area contributed by atoms with Crippen LogP contribution in [0.5, 0.6) is 0 Å². The third-order valence-electron chi connectivity index (χ3n) is 9.92. The van der Waals surface area contributed by atoms with E-state index in [0.29, 0.717) is 38.6 Å². The number of hydrogen-bond acceptors (Lipinski definition) is 12.